The van der Waals surface area contributed by atoms with Crippen LogP contribution in [0.5, 0.6) is 5.75 Å². The minimum Gasteiger partial charge on any atom is -0.497 e. The number of nitrogens with zero attached hydrogens (tertiary/aromatic N) is 1. The van der Waals surface area contributed by atoms with E-state index in [1.807, 2.05) is 24.3 Å². The molecule has 0 N–H and O–H groups in total. The van der Waals surface area contributed by atoms with Crippen LogP contribution in [-0.4, -0.2) is 7.11 Å². The first-order valence-corrected chi connectivity index (χ1v) is 6.80. The van der Waals surface area contributed by atoms with Gasteiger partial charge in [-0.15, -0.1) is 0 Å². The zero-order chi connectivity index (χ0) is 13.7. The maximum Gasteiger partial charge on any atom is 0.119 e. The van der Waals surface area contributed by atoms with Crippen LogP contribution < -0.4 is 4.74 Å². The molecule has 2 rings (SSSR count). The molecule has 0 fully saturated rings. The van der Waals surface area contributed by atoms with E-state index in [1.54, 1.807) is 7.11 Å². The van der Waals surface area contributed by atoms with E-state index in [2.05, 4.69) is 19.1 Å². The van der Waals surface area contributed by atoms with Crippen LogP contribution in [0.25, 0.3) is 10.8 Å². The van der Waals surface area contributed by atoms with Crippen LogP contribution in [0.15, 0.2) is 30.3 Å². The van der Waals surface area contributed by atoms with Gasteiger partial charge in [0.2, 0.25) is 0 Å². The fourth-order valence-corrected chi connectivity index (χ4v) is 2.41. The van der Waals surface area contributed by atoms with Crippen molar-refractivity contribution in [1.82, 2.24) is 0 Å². The Morgan fingerprint density at radius 2 is 1.95 bits per heavy atom. The normalized spacial score (nSPS) is 10.4. The Bertz CT molecular complexity index is 610. The second-order valence-electron chi connectivity index (χ2n) is 4.75. The van der Waals surface area contributed by atoms with Gasteiger partial charge in [0.15, 0.2) is 0 Å². The topological polar surface area (TPSA) is 33.0 Å². The van der Waals surface area contributed by atoms with Crippen LogP contribution in [0.3, 0.4) is 0 Å². The monoisotopic (exact) mass is 253 g/mol. The number of fused-ring (bicyclic) bond motifs is 1. The van der Waals surface area contributed by atoms with Crippen LogP contribution in [0, 0.1) is 11.3 Å². The zero-order valence-electron chi connectivity index (χ0n) is 11.6. The van der Waals surface area contributed by atoms with Gasteiger partial charge in [0.1, 0.15) is 5.75 Å². The van der Waals surface area contributed by atoms with E-state index >= 15 is 0 Å². The molecule has 0 saturated heterocycles. The Balaban J connectivity index is 2.51. The molecule has 2 aromatic rings. The van der Waals surface area contributed by atoms with Crippen LogP contribution in [0.1, 0.15) is 37.3 Å². The molecule has 0 atom stereocenters. The van der Waals surface area contributed by atoms with Gasteiger partial charge in [-0.25, -0.2) is 0 Å². The quantitative estimate of drug-likeness (QED) is 0.737. The number of ether oxygens (including phenoxy) is 1. The fourth-order valence-electron chi connectivity index (χ4n) is 2.41. The first-order valence-electron chi connectivity index (χ1n) is 6.80. The van der Waals surface area contributed by atoms with Crippen molar-refractivity contribution in [2.75, 3.05) is 7.11 Å². The summed E-state index contributed by atoms with van der Waals surface area (Å²) in [6.45, 7) is 2.19. The van der Waals surface area contributed by atoms with E-state index in [4.69, 9.17) is 4.74 Å². The summed E-state index contributed by atoms with van der Waals surface area (Å²) < 4.78 is 5.29. The van der Waals surface area contributed by atoms with E-state index in [-0.39, 0.29) is 0 Å². The SMILES string of the molecule is CCCCCc1c(C#N)ccc2ccc(OC)cc12. The van der Waals surface area contributed by atoms with Gasteiger partial charge in [-0.3, -0.25) is 0 Å². The number of aryl methyl sites for hydroxylation is 1. The highest BCUT2D eigenvalue weighted by molar-refractivity contribution is 5.88. The van der Waals surface area contributed by atoms with E-state index in [0.717, 1.165) is 35.1 Å². The van der Waals surface area contributed by atoms with Crippen molar-refractivity contribution >= 4 is 10.8 Å². The molecule has 98 valence electrons. The highest BCUT2D eigenvalue weighted by atomic mass is 16.5. The van der Waals surface area contributed by atoms with E-state index in [0.29, 0.717) is 0 Å². The molecule has 2 heteroatoms. The fraction of sp³-hybridized carbons (Fsp3) is 0.353. The van der Waals surface area contributed by atoms with Gasteiger partial charge in [0, 0.05) is 0 Å². The van der Waals surface area contributed by atoms with Crippen molar-refractivity contribution in [3.63, 3.8) is 0 Å². The molecule has 0 aliphatic heterocycles. The summed E-state index contributed by atoms with van der Waals surface area (Å²) in [6.07, 6.45) is 4.48. The molecule has 0 saturated carbocycles. The maximum absolute atomic E-state index is 9.28. The van der Waals surface area contributed by atoms with Gasteiger partial charge >= 0.3 is 0 Å². The third kappa shape index (κ3) is 2.88. The Labute approximate surface area is 114 Å². The summed E-state index contributed by atoms with van der Waals surface area (Å²) in [5.41, 5.74) is 1.95. The first-order chi connectivity index (χ1) is 9.30. The number of rotatable bonds is 5. The molecule has 0 aliphatic rings. The van der Waals surface area contributed by atoms with Crippen LogP contribution in [0.4, 0.5) is 0 Å². The highest BCUT2D eigenvalue weighted by Crippen LogP contribution is 2.27. The van der Waals surface area contributed by atoms with Crippen LogP contribution in [-0.2, 0) is 6.42 Å². The van der Waals surface area contributed by atoms with Crippen LogP contribution >= 0.6 is 0 Å². The lowest BCUT2D eigenvalue weighted by molar-refractivity contribution is 0.415. The molecule has 0 spiro atoms. The molecule has 2 aromatic carbocycles. The molecule has 19 heavy (non-hydrogen) atoms. The standard InChI is InChI=1S/C17H19NO/c1-3-4-5-6-16-14(12-18)8-7-13-9-10-15(19-2)11-17(13)16/h7-11H,3-6H2,1-2H3. The van der Waals surface area contributed by atoms with Gasteiger partial charge in [0.05, 0.1) is 18.7 Å². The zero-order valence-corrected chi connectivity index (χ0v) is 11.6. The minimum atomic E-state index is 0.789. The van der Waals surface area contributed by atoms with Crippen molar-refractivity contribution < 1.29 is 4.74 Å². The van der Waals surface area contributed by atoms with Crippen molar-refractivity contribution in [3.05, 3.63) is 41.5 Å². The number of hydrogen-bond acceptors (Lipinski definition) is 2. The smallest absolute Gasteiger partial charge is 0.119 e. The molecule has 0 heterocycles. The predicted octanol–water partition coefficient (Wildman–Crippen LogP) is 4.45. The van der Waals surface area contributed by atoms with Crippen molar-refractivity contribution in [3.8, 4) is 11.8 Å². The Morgan fingerprint density at radius 1 is 1.16 bits per heavy atom. The van der Waals surface area contributed by atoms with E-state index in [1.165, 1.54) is 18.2 Å². The number of unbranched alkanes of at least 4 members (excludes halogenated alkanes) is 2. The molecule has 0 amide bonds. The van der Waals surface area contributed by atoms with Crippen molar-refractivity contribution in [1.29, 1.82) is 5.26 Å². The maximum atomic E-state index is 9.28. The summed E-state index contributed by atoms with van der Waals surface area (Å²) >= 11 is 0. The molecule has 2 nitrogen and oxygen atoms in total. The molecular weight excluding hydrogens is 234 g/mol. The van der Waals surface area contributed by atoms with Gasteiger partial charge in [-0.05, 0) is 47.4 Å². The second kappa shape index (κ2) is 6.24. The first kappa shape index (κ1) is 13.4. The summed E-state index contributed by atoms with van der Waals surface area (Å²) in [5, 5.41) is 11.6. The van der Waals surface area contributed by atoms with Gasteiger partial charge < -0.3 is 4.74 Å². The Hall–Kier alpha value is -2.01. The summed E-state index contributed by atoms with van der Waals surface area (Å²) in [6, 6.07) is 12.3. The number of hydrogen-bond donors (Lipinski definition) is 0. The summed E-state index contributed by atoms with van der Waals surface area (Å²) in [7, 11) is 1.67. The Kier molecular flexibility index (Phi) is 4.41. The average molecular weight is 253 g/mol. The summed E-state index contributed by atoms with van der Waals surface area (Å²) in [4.78, 5) is 0. The highest BCUT2D eigenvalue weighted by Gasteiger charge is 2.08. The third-order valence-electron chi connectivity index (χ3n) is 3.49. The lowest BCUT2D eigenvalue weighted by atomic mass is 9.95. The largest absolute Gasteiger partial charge is 0.497 e. The molecule has 0 unspecified atom stereocenters. The second-order valence-corrected chi connectivity index (χ2v) is 4.75. The minimum absolute atomic E-state index is 0.789. The van der Waals surface area contributed by atoms with Crippen molar-refractivity contribution in [2.45, 2.75) is 32.6 Å². The van der Waals surface area contributed by atoms with Crippen LogP contribution in [0.2, 0.25) is 0 Å². The molecular formula is C17H19NO. The van der Waals surface area contributed by atoms with Gasteiger partial charge in [-0.1, -0.05) is 31.9 Å². The average Bonchev–Trinajstić information content (AvgIpc) is 2.47. The predicted molar refractivity (Wildman–Crippen MR) is 78.4 cm³/mol. The molecule has 0 aromatic heterocycles. The number of benzene rings is 2. The van der Waals surface area contributed by atoms with Gasteiger partial charge in [0.25, 0.3) is 0 Å². The van der Waals surface area contributed by atoms with E-state index < -0.39 is 0 Å². The number of methoxy groups -OCH3 is 1. The van der Waals surface area contributed by atoms with E-state index in [9.17, 15) is 5.26 Å². The molecule has 0 bridgehead atoms. The lowest BCUT2D eigenvalue weighted by Crippen LogP contribution is -1.94. The van der Waals surface area contributed by atoms with Gasteiger partial charge in [-0.2, -0.15) is 5.26 Å². The lowest BCUT2D eigenvalue weighted by Gasteiger charge is -2.10. The molecule has 0 radical (unpaired) electrons. The number of nitriles is 1. The van der Waals surface area contributed by atoms with Crippen molar-refractivity contribution in [2.24, 2.45) is 0 Å². The summed E-state index contributed by atoms with van der Waals surface area (Å²) in [5.74, 6) is 0.847. The Morgan fingerprint density at radius 3 is 2.63 bits per heavy atom. The molecule has 0 aliphatic carbocycles. The third-order valence-corrected chi connectivity index (χ3v) is 3.49.